The summed E-state index contributed by atoms with van der Waals surface area (Å²) in [7, 11) is 0. The Balaban J connectivity index is 4.31. The first-order valence-corrected chi connectivity index (χ1v) is 7.67. The van der Waals surface area contributed by atoms with E-state index in [4.69, 9.17) is 34.8 Å². The topological polar surface area (TPSA) is 0 Å². The van der Waals surface area contributed by atoms with Crippen LogP contribution in [-0.2, 0) is 0 Å². The van der Waals surface area contributed by atoms with Gasteiger partial charge in [-0.2, -0.15) is 0 Å². The van der Waals surface area contributed by atoms with Crippen LogP contribution in [0, 0.1) is 0 Å². The maximum atomic E-state index is 6.30. The van der Waals surface area contributed by atoms with Crippen molar-refractivity contribution in [2.45, 2.75) is 41.3 Å². The van der Waals surface area contributed by atoms with E-state index in [9.17, 15) is 0 Å². The number of allylic oxidation sites excluding steroid dienone is 1. The van der Waals surface area contributed by atoms with Crippen LogP contribution < -0.4 is 0 Å². The highest BCUT2D eigenvalue weighted by Gasteiger charge is 2.32. The minimum absolute atomic E-state index is 0.00527. The van der Waals surface area contributed by atoms with Gasteiger partial charge in [0.05, 0.1) is 4.87 Å². The maximum Gasteiger partial charge on any atom is 0.0891 e. The van der Waals surface area contributed by atoms with E-state index in [1.807, 2.05) is 13.8 Å². The molecule has 0 aromatic rings. The third-order valence-corrected chi connectivity index (χ3v) is 6.11. The number of rotatable bonds is 6. The Morgan fingerprint density at radius 1 is 1.47 bits per heavy atom. The van der Waals surface area contributed by atoms with Crippen molar-refractivity contribution in [1.82, 2.24) is 0 Å². The van der Waals surface area contributed by atoms with Crippen molar-refractivity contribution >= 4 is 66.7 Å². The predicted molar refractivity (Wildman–Crippen MR) is 79.3 cm³/mol. The largest absolute Gasteiger partial charge is 0.122 e. The molecule has 0 aliphatic rings. The van der Waals surface area contributed by atoms with E-state index in [1.165, 1.54) is 0 Å². The van der Waals surface area contributed by atoms with Gasteiger partial charge in [-0.05, 0) is 26.7 Å². The van der Waals surface area contributed by atoms with E-state index in [0.717, 1.165) is 6.42 Å². The van der Waals surface area contributed by atoms with Gasteiger partial charge in [-0.15, -0.1) is 23.2 Å². The Hall–Kier alpha value is 1.57. The van der Waals surface area contributed by atoms with Gasteiger partial charge in [-0.1, -0.05) is 50.0 Å². The average molecular weight is 401 g/mol. The van der Waals surface area contributed by atoms with Gasteiger partial charge in [-0.25, -0.2) is 0 Å². The Bertz CT molecular complexity index is 225. The molecule has 0 rings (SSSR count). The fraction of sp³-hybridized carbons (Fsp3) is 0.800. The number of hydrogen-bond donors (Lipinski definition) is 0. The van der Waals surface area contributed by atoms with Gasteiger partial charge in [0, 0.05) is 20.1 Å². The molecule has 0 heterocycles. The molecular weight excluding hydrogens is 386 g/mol. The Kier molecular flexibility index (Phi) is 7.17. The second-order valence-corrected chi connectivity index (χ2v) is 8.39. The molecular formula is C10H15Br2Cl3. The van der Waals surface area contributed by atoms with Crippen LogP contribution in [0.2, 0.25) is 0 Å². The van der Waals surface area contributed by atoms with Crippen LogP contribution in [0.1, 0.15) is 26.7 Å². The van der Waals surface area contributed by atoms with Crippen LogP contribution in [-0.4, -0.2) is 19.9 Å². The van der Waals surface area contributed by atoms with E-state index in [2.05, 4.69) is 38.4 Å². The van der Waals surface area contributed by atoms with Crippen molar-refractivity contribution in [3.05, 3.63) is 11.6 Å². The lowest BCUT2D eigenvalue weighted by Gasteiger charge is -2.28. The zero-order chi connectivity index (χ0) is 12.3. The molecule has 0 spiro atoms. The fourth-order valence-corrected chi connectivity index (χ4v) is 2.36. The highest BCUT2D eigenvalue weighted by molar-refractivity contribution is 9.10. The normalized spacial score (nSPS) is 18.3. The van der Waals surface area contributed by atoms with Gasteiger partial charge >= 0.3 is 0 Å². The Morgan fingerprint density at radius 3 is 2.20 bits per heavy atom. The van der Waals surface area contributed by atoms with Gasteiger partial charge in [-0.3, -0.25) is 0 Å². The summed E-state index contributed by atoms with van der Waals surface area (Å²) in [6.45, 7) is 7.75. The SMILES string of the molecule is C=C(Cl)[C@](Cl)(CBr)CC[C@H](Cl)C(C)(C)Br. The van der Waals surface area contributed by atoms with Gasteiger partial charge in [0.25, 0.3) is 0 Å². The highest BCUT2D eigenvalue weighted by atomic mass is 79.9. The molecule has 0 bridgehead atoms. The quantitative estimate of drug-likeness (QED) is 0.503. The molecule has 90 valence electrons. The van der Waals surface area contributed by atoms with Crippen molar-refractivity contribution in [2.24, 2.45) is 0 Å². The van der Waals surface area contributed by atoms with Crippen LogP contribution in [0.4, 0.5) is 0 Å². The molecule has 2 atom stereocenters. The van der Waals surface area contributed by atoms with Crippen molar-refractivity contribution in [3.63, 3.8) is 0 Å². The summed E-state index contributed by atoms with van der Waals surface area (Å²) in [4.78, 5) is -0.604. The maximum absolute atomic E-state index is 6.30. The minimum atomic E-state index is -0.604. The summed E-state index contributed by atoms with van der Waals surface area (Å²) in [5.74, 6) is 0. The lowest BCUT2D eigenvalue weighted by molar-refractivity contribution is 0.559. The van der Waals surface area contributed by atoms with Crippen LogP contribution >= 0.6 is 66.7 Å². The molecule has 0 nitrogen and oxygen atoms in total. The number of hydrogen-bond acceptors (Lipinski definition) is 0. The highest BCUT2D eigenvalue weighted by Crippen LogP contribution is 2.37. The molecule has 0 N–H and O–H groups in total. The standard InChI is InChI=1S/C10H15Br2Cl3/c1-7(13)10(15,6-11)5-4-8(14)9(2,3)12/h8H,1,4-6H2,2-3H3/t8-,10+/m0/s1. The first-order valence-electron chi connectivity index (χ1n) is 4.56. The van der Waals surface area contributed by atoms with Crippen molar-refractivity contribution < 1.29 is 0 Å². The summed E-state index contributed by atoms with van der Waals surface area (Å²) >= 11 is 25.3. The first-order chi connectivity index (χ1) is 6.63. The summed E-state index contributed by atoms with van der Waals surface area (Å²) in [5.41, 5.74) is 0. The Morgan fingerprint density at radius 2 is 1.93 bits per heavy atom. The van der Waals surface area contributed by atoms with Gasteiger partial charge in [0.15, 0.2) is 0 Å². The Labute approximate surface area is 124 Å². The van der Waals surface area contributed by atoms with Crippen LogP contribution in [0.3, 0.4) is 0 Å². The third-order valence-electron chi connectivity index (χ3n) is 2.24. The summed E-state index contributed by atoms with van der Waals surface area (Å²) in [6, 6.07) is 0. The lowest BCUT2D eigenvalue weighted by Crippen LogP contribution is -2.30. The van der Waals surface area contributed by atoms with Crippen molar-refractivity contribution in [1.29, 1.82) is 0 Å². The second-order valence-electron chi connectivity index (χ2n) is 4.07. The molecule has 0 aromatic carbocycles. The van der Waals surface area contributed by atoms with E-state index in [-0.39, 0.29) is 9.70 Å². The smallest absolute Gasteiger partial charge is 0.0891 e. The zero-order valence-electron chi connectivity index (χ0n) is 8.80. The molecule has 5 heteroatoms. The molecule has 0 saturated heterocycles. The van der Waals surface area contributed by atoms with Crippen LogP contribution in [0.5, 0.6) is 0 Å². The van der Waals surface area contributed by atoms with Crippen LogP contribution in [0.25, 0.3) is 0 Å². The van der Waals surface area contributed by atoms with E-state index >= 15 is 0 Å². The molecule has 15 heavy (non-hydrogen) atoms. The molecule has 0 fully saturated rings. The number of alkyl halides is 4. The van der Waals surface area contributed by atoms with E-state index < -0.39 is 4.87 Å². The van der Waals surface area contributed by atoms with Crippen LogP contribution in [0.15, 0.2) is 11.6 Å². The van der Waals surface area contributed by atoms with Gasteiger partial charge < -0.3 is 0 Å². The summed E-state index contributed by atoms with van der Waals surface area (Å²) in [6.07, 6.45) is 1.48. The minimum Gasteiger partial charge on any atom is -0.122 e. The summed E-state index contributed by atoms with van der Waals surface area (Å²) < 4.78 is -0.105. The number of halogens is 5. The van der Waals surface area contributed by atoms with E-state index in [1.54, 1.807) is 0 Å². The molecule has 0 amide bonds. The summed E-state index contributed by atoms with van der Waals surface area (Å²) in [5, 5.41) is 1.04. The molecule has 0 aliphatic heterocycles. The molecule has 0 radical (unpaired) electrons. The monoisotopic (exact) mass is 398 g/mol. The molecule has 0 saturated carbocycles. The van der Waals surface area contributed by atoms with Gasteiger partial charge in [0.1, 0.15) is 0 Å². The lowest BCUT2D eigenvalue weighted by atomic mass is 9.98. The second kappa shape index (κ2) is 6.49. The molecule has 0 aliphatic carbocycles. The fourth-order valence-electron chi connectivity index (χ4n) is 0.974. The molecule has 0 unspecified atom stereocenters. The van der Waals surface area contributed by atoms with Gasteiger partial charge in [0.2, 0.25) is 0 Å². The van der Waals surface area contributed by atoms with Crippen molar-refractivity contribution in [2.75, 3.05) is 5.33 Å². The van der Waals surface area contributed by atoms with E-state index in [0.29, 0.717) is 16.8 Å². The van der Waals surface area contributed by atoms with Crippen molar-refractivity contribution in [3.8, 4) is 0 Å². The zero-order valence-corrected chi connectivity index (χ0v) is 14.2. The third kappa shape index (κ3) is 5.63. The predicted octanol–water partition coefficient (Wildman–Crippen LogP) is 5.67. The molecule has 0 aromatic heterocycles. The first kappa shape index (κ1) is 16.6. The average Bonchev–Trinajstić information content (AvgIpc) is 2.11.